The zero-order valence-electron chi connectivity index (χ0n) is 13.6. The third-order valence-corrected chi connectivity index (χ3v) is 5.73. The smallest absolute Gasteiger partial charge is 0.243 e. The van der Waals surface area contributed by atoms with E-state index in [1.165, 1.54) is 0 Å². The van der Waals surface area contributed by atoms with Gasteiger partial charge in [-0.25, -0.2) is 8.42 Å². The van der Waals surface area contributed by atoms with Crippen molar-refractivity contribution >= 4 is 22.4 Å². The van der Waals surface area contributed by atoms with Crippen molar-refractivity contribution in [2.45, 2.75) is 37.4 Å². The molecule has 1 aromatic rings. The Morgan fingerprint density at radius 2 is 1.82 bits per heavy atom. The lowest BCUT2D eigenvalue weighted by Crippen LogP contribution is -2.56. The zero-order valence-corrected chi connectivity index (χ0v) is 15.2. The zero-order chi connectivity index (χ0) is 15.6. The van der Waals surface area contributed by atoms with E-state index in [1.807, 2.05) is 40.1 Å². The lowest BCUT2D eigenvalue weighted by molar-refractivity contribution is 0.244. The molecule has 0 saturated carbocycles. The van der Waals surface area contributed by atoms with Crippen LogP contribution < -0.4 is 5.32 Å². The second kappa shape index (κ2) is 7.75. The molecule has 0 radical (unpaired) electrons. The Balaban J connectivity index is 0.00000242. The van der Waals surface area contributed by atoms with Crippen molar-refractivity contribution < 1.29 is 8.42 Å². The Bertz CT molecular complexity index is 575. The van der Waals surface area contributed by atoms with Gasteiger partial charge in [0.2, 0.25) is 10.0 Å². The molecule has 0 amide bonds. The summed E-state index contributed by atoms with van der Waals surface area (Å²) in [6.07, 6.45) is 0. The largest absolute Gasteiger partial charge is 0.311 e. The van der Waals surface area contributed by atoms with E-state index in [0.717, 1.165) is 12.1 Å². The molecule has 7 heteroatoms. The summed E-state index contributed by atoms with van der Waals surface area (Å²) in [4.78, 5) is 2.44. The SMILES string of the molecule is CC1CN(S(=O)(=O)c2ccc(CN(C)C)cc2)C(C)CN1.Cl. The number of halogens is 1. The normalized spacial score (nSPS) is 23.3. The first-order valence-electron chi connectivity index (χ1n) is 7.29. The fraction of sp³-hybridized carbons (Fsp3) is 0.600. The van der Waals surface area contributed by atoms with Crippen molar-refractivity contribution in [2.75, 3.05) is 27.2 Å². The van der Waals surface area contributed by atoms with Crippen molar-refractivity contribution in [3.63, 3.8) is 0 Å². The standard InChI is InChI=1S/C15H25N3O2S.ClH/c1-12-10-18(13(2)9-16-12)21(19,20)15-7-5-14(6-8-15)11-17(3)4;/h5-8,12-13,16H,9-11H2,1-4H3;1H. The molecule has 1 aliphatic heterocycles. The minimum atomic E-state index is -3.41. The van der Waals surface area contributed by atoms with Crippen molar-refractivity contribution in [3.8, 4) is 0 Å². The number of nitrogens with zero attached hydrogens (tertiary/aromatic N) is 2. The Labute approximate surface area is 140 Å². The van der Waals surface area contributed by atoms with Gasteiger partial charge in [0.15, 0.2) is 0 Å². The first-order valence-corrected chi connectivity index (χ1v) is 8.73. The molecule has 22 heavy (non-hydrogen) atoms. The van der Waals surface area contributed by atoms with Crippen LogP contribution in [0.2, 0.25) is 0 Å². The van der Waals surface area contributed by atoms with Crippen LogP contribution in [0, 0.1) is 0 Å². The second-order valence-electron chi connectivity index (χ2n) is 6.11. The molecular weight excluding hydrogens is 322 g/mol. The lowest BCUT2D eigenvalue weighted by atomic mass is 10.2. The predicted octanol–water partition coefficient (Wildman–Crippen LogP) is 1.54. The van der Waals surface area contributed by atoms with Crippen LogP contribution in [-0.4, -0.2) is 56.9 Å². The number of nitrogens with one attached hydrogen (secondary N) is 1. The van der Waals surface area contributed by atoms with E-state index >= 15 is 0 Å². The summed E-state index contributed by atoms with van der Waals surface area (Å²) in [5, 5.41) is 3.30. The van der Waals surface area contributed by atoms with E-state index in [-0.39, 0.29) is 24.5 Å². The Morgan fingerprint density at radius 3 is 2.36 bits per heavy atom. The summed E-state index contributed by atoms with van der Waals surface area (Å²) in [7, 11) is 0.579. The molecule has 2 unspecified atom stereocenters. The first-order chi connectivity index (χ1) is 9.80. The highest BCUT2D eigenvalue weighted by Gasteiger charge is 2.33. The molecule has 1 aromatic carbocycles. The molecule has 0 aromatic heterocycles. The molecule has 5 nitrogen and oxygen atoms in total. The minimum absolute atomic E-state index is 0. The number of hydrogen-bond acceptors (Lipinski definition) is 4. The van der Waals surface area contributed by atoms with Crippen LogP contribution in [0.5, 0.6) is 0 Å². The van der Waals surface area contributed by atoms with Gasteiger partial charge < -0.3 is 10.2 Å². The van der Waals surface area contributed by atoms with Crippen molar-refractivity contribution in [2.24, 2.45) is 0 Å². The average molecular weight is 348 g/mol. The van der Waals surface area contributed by atoms with Gasteiger partial charge in [0.05, 0.1) is 4.90 Å². The highest BCUT2D eigenvalue weighted by Crippen LogP contribution is 2.21. The molecule has 1 aliphatic rings. The molecule has 0 bridgehead atoms. The number of rotatable bonds is 4. The molecular formula is C15H26ClN3O2S. The topological polar surface area (TPSA) is 52.7 Å². The quantitative estimate of drug-likeness (QED) is 0.897. The van der Waals surface area contributed by atoms with Crippen LogP contribution in [0.4, 0.5) is 0 Å². The van der Waals surface area contributed by atoms with Gasteiger partial charge in [-0.2, -0.15) is 4.31 Å². The van der Waals surface area contributed by atoms with Crippen LogP contribution in [0.1, 0.15) is 19.4 Å². The van der Waals surface area contributed by atoms with E-state index in [0.29, 0.717) is 18.0 Å². The van der Waals surface area contributed by atoms with Crippen LogP contribution >= 0.6 is 12.4 Å². The van der Waals surface area contributed by atoms with Crippen molar-refractivity contribution in [1.82, 2.24) is 14.5 Å². The molecule has 126 valence electrons. The fourth-order valence-electron chi connectivity index (χ4n) is 2.59. The number of benzene rings is 1. The average Bonchev–Trinajstić information content (AvgIpc) is 2.41. The van der Waals surface area contributed by atoms with Gasteiger partial charge in [0, 0.05) is 31.7 Å². The fourth-order valence-corrected chi connectivity index (χ4v) is 4.31. The third kappa shape index (κ3) is 4.43. The number of piperazine rings is 1. The van der Waals surface area contributed by atoms with E-state index < -0.39 is 10.0 Å². The highest BCUT2D eigenvalue weighted by molar-refractivity contribution is 7.89. The van der Waals surface area contributed by atoms with Gasteiger partial charge in [0.25, 0.3) is 0 Å². The van der Waals surface area contributed by atoms with Crippen LogP contribution in [0.3, 0.4) is 0 Å². The van der Waals surface area contributed by atoms with Gasteiger partial charge in [-0.05, 0) is 45.6 Å². The third-order valence-electron chi connectivity index (χ3n) is 3.74. The Hall–Kier alpha value is -0.660. The molecule has 1 N–H and O–H groups in total. The molecule has 2 rings (SSSR count). The summed E-state index contributed by atoms with van der Waals surface area (Å²) in [6, 6.07) is 7.38. The van der Waals surface area contributed by atoms with E-state index in [1.54, 1.807) is 16.4 Å². The van der Waals surface area contributed by atoms with Gasteiger partial charge in [-0.15, -0.1) is 12.4 Å². The van der Waals surface area contributed by atoms with Crippen LogP contribution in [-0.2, 0) is 16.6 Å². The second-order valence-corrected chi connectivity index (χ2v) is 8.01. The van der Waals surface area contributed by atoms with E-state index in [4.69, 9.17) is 0 Å². The summed E-state index contributed by atoms with van der Waals surface area (Å²) in [6.45, 7) is 5.97. The van der Waals surface area contributed by atoms with E-state index in [2.05, 4.69) is 10.2 Å². The molecule has 1 heterocycles. The maximum Gasteiger partial charge on any atom is 0.243 e. The van der Waals surface area contributed by atoms with E-state index in [9.17, 15) is 8.42 Å². The first kappa shape index (κ1) is 19.4. The van der Waals surface area contributed by atoms with Crippen LogP contribution in [0.15, 0.2) is 29.2 Å². The molecule has 0 spiro atoms. The van der Waals surface area contributed by atoms with Gasteiger partial charge in [-0.3, -0.25) is 0 Å². The lowest BCUT2D eigenvalue weighted by Gasteiger charge is -2.36. The Morgan fingerprint density at radius 1 is 1.23 bits per heavy atom. The van der Waals surface area contributed by atoms with Crippen molar-refractivity contribution in [1.29, 1.82) is 0 Å². The summed E-state index contributed by atoms with van der Waals surface area (Å²) < 4.78 is 27.1. The number of sulfonamides is 1. The van der Waals surface area contributed by atoms with Crippen molar-refractivity contribution in [3.05, 3.63) is 29.8 Å². The monoisotopic (exact) mass is 347 g/mol. The molecule has 0 aliphatic carbocycles. The Kier molecular flexibility index (Phi) is 6.83. The van der Waals surface area contributed by atoms with Gasteiger partial charge in [0.1, 0.15) is 0 Å². The van der Waals surface area contributed by atoms with Gasteiger partial charge in [-0.1, -0.05) is 12.1 Å². The minimum Gasteiger partial charge on any atom is -0.311 e. The molecule has 1 fully saturated rings. The maximum atomic E-state index is 12.8. The summed E-state index contributed by atoms with van der Waals surface area (Å²) in [5.74, 6) is 0. The molecule has 2 atom stereocenters. The highest BCUT2D eigenvalue weighted by atomic mass is 35.5. The van der Waals surface area contributed by atoms with Crippen LogP contribution in [0.25, 0.3) is 0 Å². The maximum absolute atomic E-state index is 12.8. The predicted molar refractivity (Wildman–Crippen MR) is 91.9 cm³/mol. The summed E-state index contributed by atoms with van der Waals surface area (Å²) >= 11 is 0. The van der Waals surface area contributed by atoms with Gasteiger partial charge >= 0.3 is 0 Å². The molecule has 1 saturated heterocycles. The summed E-state index contributed by atoms with van der Waals surface area (Å²) in [5.41, 5.74) is 1.11. The number of hydrogen-bond donors (Lipinski definition) is 1.